The van der Waals surface area contributed by atoms with Gasteiger partial charge in [0.05, 0.1) is 0 Å². The minimum atomic E-state index is 0.852. The highest BCUT2D eigenvalue weighted by Crippen LogP contribution is 2.22. The van der Waals surface area contributed by atoms with Gasteiger partial charge in [-0.1, -0.05) is 80.6 Å². The molecule has 0 N–H and O–H groups in total. The molecule has 94 valence electrons. The van der Waals surface area contributed by atoms with Crippen molar-refractivity contribution in [2.75, 3.05) is 0 Å². The minimum absolute atomic E-state index is 0.852. The van der Waals surface area contributed by atoms with E-state index in [-0.39, 0.29) is 0 Å². The molecule has 1 aliphatic carbocycles. The molecule has 1 aliphatic rings. The van der Waals surface area contributed by atoms with Crippen LogP contribution in [0.1, 0.15) is 80.6 Å². The second-order valence-electron chi connectivity index (χ2n) is 5.23. The van der Waals surface area contributed by atoms with Gasteiger partial charge in [0, 0.05) is 0 Å². The van der Waals surface area contributed by atoms with Gasteiger partial charge in [-0.3, -0.25) is 0 Å². The van der Waals surface area contributed by atoms with Crippen molar-refractivity contribution in [1.82, 2.24) is 0 Å². The molecule has 1 saturated carbocycles. The van der Waals surface area contributed by atoms with Gasteiger partial charge in [-0.15, -0.1) is 0 Å². The summed E-state index contributed by atoms with van der Waals surface area (Å²) >= 11 is 0. The molecule has 1 rings (SSSR count). The Morgan fingerprint density at radius 2 is 1.07 bits per heavy atom. The monoisotopic (exact) mass is 214 g/mol. The smallest absolute Gasteiger partial charge is 0.0443 e. The third-order valence-electron chi connectivity index (χ3n) is 3.23. The molecule has 0 aromatic carbocycles. The SMILES string of the molecule is CC.CC(C)C(C)C.CC1CCCCC1. The minimum Gasteiger partial charge on any atom is -0.0683 e. The molecular formula is C15H34. The first-order valence-electron chi connectivity index (χ1n) is 7.04. The van der Waals surface area contributed by atoms with Crippen molar-refractivity contribution in [1.29, 1.82) is 0 Å². The molecule has 0 unspecified atom stereocenters. The second-order valence-corrected chi connectivity index (χ2v) is 5.23. The Kier molecular flexibility index (Phi) is 14.0. The Balaban J connectivity index is 0. The van der Waals surface area contributed by atoms with Gasteiger partial charge < -0.3 is 0 Å². The van der Waals surface area contributed by atoms with E-state index in [1.54, 1.807) is 0 Å². The molecule has 0 aromatic rings. The highest BCUT2D eigenvalue weighted by molar-refractivity contribution is 4.59. The zero-order valence-corrected chi connectivity index (χ0v) is 12.3. The van der Waals surface area contributed by atoms with Gasteiger partial charge in [-0.25, -0.2) is 0 Å². The predicted molar refractivity (Wildman–Crippen MR) is 73.3 cm³/mol. The van der Waals surface area contributed by atoms with Crippen LogP contribution in [0.2, 0.25) is 0 Å². The molecule has 0 bridgehead atoms. The van der Waals surface area contributed by atoms with Crippen molar-refractivity contribution in [2.45, 2.75) is 80.6 Å². The highest BCUT2D eigenvalue weighted by atomic mass is 14.1. The second kappa shape index (κ2) is 12.1. The summed E-state index contributed by atoms with van der Waals surface area (Å²) in [6, 6.07) is 0. The molecule has 1 fully saturated rings. The van der Waals surface area contributed by atoms with Crippen molar-refractivity contribution in [2.24, 2.45) is 17.8 Å². The normalized spacial score (nSPS) is 16.6. The largest absolute Gasteiger partial charge is 0.0683 e. The lowest BCUT2D eigenvalue weighted by molar-refractivity contribution is 0.385. The summed E-state index contributed by atoms with van der Waals surface area (Å²) in [5, 5.41) is 0. The molecule has 0 amide bonds. The Hall–Kier alpha value is 0. The molecule has 0 spiro atoms. The Morgan fingerprint density at radius 1 is 0.733 bits per heavy atom. The van der Waals surface area contributed by atoms with Crippen LogP contribution in [0, 0.1) is 17.8 Å². The first kappa shape index (κ1) is 17.4. The standard InChI is InChI=1S/C7H14.C6H14.C2H6/c1-7-5-3-2-4-6-7;1-5(2)6(3)4;1-2/h7H,2-6H2,1H3;5-6H,1-4H3;1-2H3. The van der Waals surface area contributed by atoms with Crippen LogP contribution in [-0.4, -0.2) is 0 Å². The molecule has 0 aliphatic heterocycles. The molecular weight excluding hydrogens is 180 g/mol. The maximum atomic E-state index is 2.36. The Morgan fingerprint density at radius 3 is 1.20 bits per heavy atom. The lowest BCUT2D eigenvalue weighted by Gasteiger charge is -2.15. The van der Waals surface area contributed by atoms with Gasteiger partial charge in [-0.05, 0) is 17.8 Å². The van der Waals surface area contributed by atoms with E-state index < -0.39 is 0 Å². The molecule has 0 atom stereocenters. The average Bonchev–Trinajstić information content (AvgIpc) is 2.22. The molecule has 0 aromatic heterocycles. The van der Waals surface area contributed by atoms with Crippen LogP contribution >= 0.6 is 0 Å². The van der Waals surface area contributed by atoms with Crippen molar-refractivity contribution in [3.05, 3.63) is 0 Å². The van der Waals surface area contributed by atoms with E-state index in [0.29, 0.717) is 0 Å². The van der Waals surface area contributed by atoms with Crippen molar-refractivity contribution < 1.29 is 0 Å². The number of hydrogen-bond donors (Lipinski definition) is 0. The van der Waals surface area contributed by atoms with Gasteiger partial charge >= 0.3 is 0 Å². The van der Waals surface area contributed by atoms with Crippen LogP contribution in [0.4, 0.5) is 0 Å². The fourth-order valence-corrected chi connectivity index (χ4v) is 1.31. The summed E-state index contributed by atoms with van der Waals surface area (Å²) in [6.45, 7) is 15.3. The zero-order valence-electron chi connectivity index (χ0n) is 12.3. The third kappa shape index (κ3) is 14.0. The van der Waals surface area contributed by atoms with E-state index in [2.05, 4.69) is 34.6 Å². The zero-order chi connectivity index (χ0) is 12.3. The average molecular weight is 214 g/mol. The van der Waals surface area contributed by atoms with Crippen molar-refractivity contribution >= 4 is 0 Å². The molecule has 0 heterocycles. The molecule has 0 saturated heterocycles. The third-order valence-corrected chi connectivity index (χ3v) is 3.23. The summed E-state index contributed by atoms with van der Waals surface area (Å²) in [5.41, 5.74) is 0. The quantitative estimate of drug-likeness (QED) is 0.509. The molecule has 0 heteroatoms. The van der Waals surface area contributed by atoms with Crippen LogP contribution in [0.25, 0.3) is 0 Å². The molecule has 15 heavy (non-hydrogen) atoms. The maximum Gasteiger partial charge on any atom is -0.0443 e. The highest BCUT2D eigenvalue weighted by Gasteiger charge is 2.05. The van der Waals surface area contributed by atoms with Crippen molar-refractivity contribution in [3.63, 3.8) is 0 Å². The van der Waals surface area contributed by atoms with Gasteiger partial charge in [0.2, 0.25) is 0 Å². The van der Waals surface area contributed by atoms with E-state index in [1.807, 2.05) is 13.8 Å². The van der Waals surface area contributed by atoms with Crippen LogP contribution in [-0.2, 0) is 0 Å². The fourth-order valence-electron chi connectivity index (χ4n) is 1.31. The maximum absolute atomic E-state index is 2.36. The van der Waals surface area contributed by atoms with Crippen LogP contribution in [0.5, 0.6) is 0 Å². The summed E-state index contributed by atoms with van der Waals surface area (Å²) in [4.78, 5) is 0. The first-order valence-corrected chi connectivity index (χ1v) is 7.04. The summed E-state index contributed by atoms with van der Waals surface area (Å²) in [7, 11) is 0. The lowest BCUT2D eigenvalue weighted by Crippen LogP contribution is -1.99. The van der Waals surface area contributed by atoms with E-state index >= 15 is 0 Å². The summed E-state index contributed by atoms with van der Waals surface area (Å²) in [6.07, 6.45) is 7.44. The lowest BCUT2D eigenvalue weighted by atomic mass is 9.91. The van der Waals surface area contributed by atoms with Crippen LogP contribution in [0.3, 0.4) is 0 Å². The number of rotatable bonds is 1. The van der Waals surface area contributed by atoms with Gasteiger partial charge in [0.25, 0.3) is 0 Å². The van der Waals surface area contributed by atoms with E-state index in [4.69, 9.17) is 0 Å². The Labute approximate surface area is 98.9 Å². The fraction of sp³-hybridized carbons (Fsp3) is 1.00. The topological polar surface area (TPSA) is 0 Å². The predicted octanol–water partition coefficient (Wildman–Crippen LogP) is 5.91. The van der Waals surface area contributed by atoms with Gasteiger partial charge in [-0.2, -0.15) is 0 Å². The first-order chi connectivity index (χ1) is 7.04. The van der Waals surface area contributed by atoms with Crippen LogP contribution < -0.4 is 0 Å². The summed E-state index contributed by atoms with van der Waals surface area (Å²) in [5.74, 6) is 2.74. The van der Waals surface area contributed by atoms with E-state index in [0.717, 1.165) is 17.8 Å². The Bertz CT molecular complexity index is 90.6. The van der Waals surface area contributed by atoms with Gasteiger partial charge in [0.1, 0.15) is 0 Å². The van der Waals surface area contributed by atoms with Gasteiger partial charge in [0.15, 0.2) is 0 Å². The van der Waals surface area contributed by atoms with Crippen LogP contribution in [0.15, 0.2) is 0 Å². The summed E-state index contributed by atoms with van der Waals surface area (Å²) < 4.78 is 0. The molecule has 0 radical (unpaired) electrons. The molecule has 0 nitrogen and oxygen atoms in total. The van der Waals surface area contributed by atoms with E-state index in [9.17, 15) is 0 Å². The van der Waals surface area contributed by atoms with Crippen molar-refractivity contribution in [3.8, 4) is 0 Å². The number of hydrogen-bond acceptors (Lipinski definition) is 0. The van der Waals surface area contributed by atoms with E-state index in [1.165, 1.54) is 32.1 Å².